The molecule has 1 aliphatic rings. The summed E-state index contributed by atoms with van der Waals surface area (Å²) in [5.41, 5.74) is 0.917. The van der Waals surface area contributed by atoms with Crippen LogP contribution in [0, 0.1) is 5.82 Å². The molecule has 0 bridgehead atoms. The highest BCUT2D eigenvalue weighted by molar-refractivity contribution is 5.82. The largest absolute Gasteiger partial charge is 0.348 e. The number of amides is 1. The van der Waals surface area contributed by atoms with Crippen molar-refractivity contribution in [3.05, 3.63) is 35.6 Å². The molecule has 0 aliphatic carbocycles. The molecule has 0 radical (unpaired) electrons. The molecule has 0 spiro atoms. The topological polar surface area (TPSA) is 41.1 Å². The third kappa shape index (κ3) is 3.29. The fourth-order valence-electron chi connectivity index (χ4n) is 2.22. The molecule has 1 unspecified atom stereocenters. The van der Waals surface area contributed by atoms with E-state index in [1.807, 2.05) is 6.92 Å². The summed E-state index contributed by atoms with van der Waals surface area (Å²) < 4.78 is 12.8. The third-order valence-electron chi connectivity index (χ3n) is 3.36. The van der Waals surface area contributed by atoms with Crippen LogP contribution in [-0.4, -0.2) is 18.5 Å². The lowest BCUT2D eigenvalue weighted by atomic mass is 10.0. The molecule has 2 N–H and O–H groups in total. The standard InChI is InChI=1S/C14H19FN2O/c1-10(11-5-7-12(15)8-6-11)17-14(18)13-4-2-3-9-16-13/h5-8,10,13,16H,2-4,9H2,1H3,(H,17,18)/t10-,13?/m0/s1. The van der Waals surface area contributed by atoms with Gasteiger partial charge in [0.05, 0.1) is 12.1 Å². The van der Waals surface area contributed by atoms with E-state index in [9.17, 15) is 9.18 Å². The molecule has 1 aromatic carbocycles. The van der Waals surface area contributed by atoms with E-state index in [0.29, 0.717) is 0 Å². The van der Waals surface area contributed by atoms with Crippen LogP contribution in [0.2, 0.25) is 0 Å². The summed E-state index contributed by atoms with van der Waals surface area (Å²) in [7, 11) is 0. The van der Waals surface area contributed by atoms with Crippen molar-refractivity contribution >= 4 is 5.91 Å². The van der Waals surface area contributed by atoms with E-state index < -0.39 is 0 Å². The smallest absolute Gasteiger partial charge is 0.237 e. The van der Waals surface area contributed by atoms with Gasteiger partial charge in [0.15, 0.2) is 0 Å². The minimum absolute atomic E-state index is 0.0338. The first-order chi connectivity index (χ1) is 8.66. The molecule has 1 amide bonds. The Bertz CT molecular complexity index is 399. The molecule has 98 valence electrons. The average Bonchev–Trinajstić information content (AvgIpc) is 2.40. The van der Waals surface area contributed by atoms with E-state index in [1.165, 1.54) is 12.1 Å². The summed E-state index contributed by atoms with van der Waals surface area (Å²) in [6.07, 6.45) is 3.12. The average molecular weight is 250 g/mol. The Morgan fingerprint density at radius 3 is 2.72 bits per heavy atom. The highest BCUT2D eigenvalue weighted by Gasteiger charge is 2.21. The van der Waals surface area contributed by atoms with Gasteiger partial charge in [-0.05, 0) is 44.0 Å². The zero-order valence-corrected chi connectivity index (χ0v) is 10.6. The van der Waals surface area contributed by atoms with Gasteiger partial charge in [-0.1, -0.05) is 18.6 Å². The quantitative estimate of drug-likeness (QED) is 0.863. The summed E-state index contributed by atoms with van der Waals surface area (Å²) in [4.78, 5) is 12.0. The molecule has 1 aliphatic heterocycles. The zero-order chi connectivity index (χ0) is 13.0. The van der Waals surface area contributed by atoms with Crippen LogP contribution in [-0.2, 0) is 4.79 Å². The van der Waals surface area contributed by atoms with Crippen molar-refractivity contribution in [2.75, 3.05) is 6.54 Å². The van der Waals surface area contributed by atoms with Gasteiger partial charge in [0.2, 0.25) is 5.91 Å². The van der Waals surface area contributed by atoms with E-state index in [-0.39, 0.29) is 23.8 Å². The molecule has 2 rings (SSSR count). The number of hydrogen-bond donors (Lipinski definition) is 2. The second-order valence-corrected chi connectivity index (χ2v) is 4.78. The summed E-state index contributed by atoms with van der Waals surface area (Å²) in [6, 6.07) is 6.06. The van der Waals surface area contributed by atoms with E-state index in [0.717, 1.165) is 31.4 Å². The van der Waals surface area contributed by atoms with Crippen molar-refractivity contribution in [3.8, 4) is 0 Å². The van der Waals surface area contributed by atoms with Crippen LogP contribution in [0.15, 0.2) is 24.3 Å². The van der Waals surface area contributed by atoms with E-state index in [1.54, 1.807) is 12.1 Å². The number of hydrogen-bond acceptors (Lipinski definition) is 2. The van der Waals surface area contributed by atoms with Gasteiger partial charge in [-0.3, -0.25) is 4.79 Å². The SMILES string of the molecule is C[C@H](NC(=O)C1CCCCN1)c1ccc(F)cc1. The fraction of sp³-hybridized carbons (Fsp3) is 0.500. The van der Waals surface area contributed by atoms with Crippen molar-refractivity contribution in [3.63, 3.8) is 0 Å². The van der Waals surface area contributed by atoms with E-state index >= 15 is 0 Å². The van der Waals surface area contributed by atoms with Gasteiger partial charge in [0, 0.05) is 0 Å². The Labute approximate surface area is 107 Å². The monoisotopic (exact) mass is 250 g/mol. The summed E-state index contributed by atoms with van der Waals surface area (Å²) in [5, 5.41) is 6.17. The molecular formula is C14H19FN2O. The lowest BCUT2D eigenvalue weighted by molar-refractivity contribution is -0.124. The Morgan fingerprint density at radius 1 is 1.39 bits per heavy atom. The number of piperidine rings is 1. The predicted molar refractivity (Wildman–Crippen MR) is 68.6 cm³/mol. The van der Waals surface area contributed by atoms with Crippen molar-refractivity contribution in [1.82, 2.24) is 10.6 Å². The van der Waals surface area contributed by atoms with Gasteiger partial charge in [-0.15, -0.1) is 0 Å². The minimum atomic E-state index is -0.258. The van der Waals surface area contributed by atoms with Gasteiger partial charge in [-0.2, -0.15) is 0 Å². The number of nitrogens with one attached hydrogen (secondary N) is 2. The maximum absolute atomic E-state index is 12.8. The maximum Gasteiger partial charge on any atom is 0.237 e. The first-order valence-corrected chi connectivity index (χ1v) is 6.46. The number of carbonyl (C=O) groups is 1. The fourth-order valence-corrected chi connectivity index (χ4v) is 2.22. The van der Waals surface area contributed by atoms with Crippen molar-refractivity contribution in [2.24, 2.45) is 0 Å². The van der Waals surface area contributed by atoms with Gasteiger partial charge < -0.3 is 10.6 Å². The first-order valence-electron chi connectivity index (χ1n) is 6.46. The number of carbonyl (C=O) groups excluding carboxylic acids is 1. The maximum atomic E-state index is 12.8. The summed E-state index contributed by atoms with van der Waals surface area (Å²) >= 11 is 0. The number of halogens is 1. The summed E-state index contributed by atoms with van der Waals surface area (Å²) in [5.74, 6) is -0.224. The first kappa shape index (κ1) is 13.0. The van der Waals surface area contributed by atoms with Gasteiger partial charge in [-0.25, -0.2) is 4.39 Å². The summed E-state index contributed by atoms with van der Waals surface area (Å²) in [6.45, 7) is 2.82. The van der Waals surface area contributed by atoms with Crippen LogP contribution in [0.25, 0.3) is 0 Å². The lowest BCUT2D eigenvalue weighted by Gasteiger charge is -2.24. The predicted octanol–water partition coefficient (Wildman–Crippen LogP) is 2.14. The van der Waals surface area contributed by atoms with Crippen molar-refractivity contribution in [1.29, 1.82) is 0 Å². The van der Waals surface area contributed by atoms with Crippen molar-refractivity contribution < 1.29 is 9.18 Å². The number of benzene rings is 1. The van der Waals surface area contributed by atoms with Gasteiger partial charge >= 0.3 is 0 Å². The zero-order valence-electron chi connectivity index (χ0n) is 10.6. The van der Waals surface area contributed by atoms with Crippen LogP contribution in [0.5, 0.6) is 0 Å². The molecule has 2 atom stereocenters. The van der Waals surface area contributed by atoms with E-state index in [4.69, 9.17) is 0 Å². The molecule has 0 aromatic heterocycles. The second-order valence-electron chi connectivity index (χ2n) is 4.78. The normalized spacial score (nSPS) is 21.3. The minimum Gasteiger partial charge on any atom is -0.348 e. The molecule has 4 heteroatoms. The highest BCUT2D eigenvalue weighted by Crippen LogP contribution is 2.14. The molecule has 1 aromatic rings. The third-order valence-corrected chi connectivity index (χ3v) is 3.36. The van der Waals surface area contributed by atoms with Crippen LogP contribution in [0.1, 0.15) is 37.8 Å². The highest BCUT2D eigenvalue weighted by atomic mass is 19.1. The molecule has 1 fully saturated rings. The van der Waals surface area contributed by atoms with Crippen LogP contribution in [0.3, 0.4) is 0 Å². The molecular weight excluding hydrogens is 231 g/mol. The lowest BCUT2D eigenvalue weighted by Crippen LogP contribution is -2.47. The van der Waals surface area contributed by atoms with Gasteiger partial charge in [0.1, 0.15) is 5.82 Å². The van der Waals surface area contributed by atoms with Crippen LogP contribution >= 0.6 is 0 Å². The molecule has 1 saturated heterocycles. The molecule has 1 heterocycles. The Kier molecular flexibility index (Phi) is 4.31. The Morgan fingerprint density at radius 2 is 2.11 bits per heavy atom. The Balaban J connectivity index is 1.91. The Hall–Kier alpha value is -1.42. The van der Waals surface area contributed by atoms with Crippen LogP contribution < -0.4 is 10.6 Å². The molecule has 0 saturated carbocycles. The van der Waals surface area contributed by atoms with E-state index in [2.05, 4.69) is 10.6 Å². The van der Waals surface area contributed by atoms with Gasteiger partial charge in [0.25, 0.3) is 0 Å². The second kappa shape index (κ2) is 5.96. The molecule has 18 heavy (non-hydrogen) atoms. The van der Waals surface area contributed by atoms with Crippen LogP contribution in [0.4, 0.5) is 4.39 Å². The molecule has 3 nitrogen and oxygen atoms in total. The van der Waals surface area contributed by atoms with Crippen molar-refractivity contribution in [2.45, 2.75) is 38.3 Å². The number of rotatable bonds is 3.